The van der Waals surface area contributed by atoms with E-state index in [1.165, 1.54) is 5.69 Å². The molecule has 1 amide bonds. The number of rotatable bonds is 5. The van der Waals surface area contributed by atoms with Gasteiger partial charge in [-0.05, 0) is 31.0 Å². The number of ether oxygens (including phenoxy) is 1. The molecule has 1 N–H and O–H groups in total. The maximum absolute atomic E-state index is 12.8. The molecule has 0 atom stereocenters. The van der Waals surface area contributed by atoms with Crippen LogP contribution < -0.4 is 10.2 Å². The first-order chi connectivity index (χ1) is 13.6. The molecule has 2 fully saturated rings. The normalized spacial score (nSPS) is 17.6. The molecule has 2 aliphatic heterocycles. The van der Waals surface area contributed by atoms with E-state index >= 15 is 0 Å². The molecule has 0 radical (unpaired) electrons. The third-order valence-corrected chi connectivity index (χ3v) is 6.59. The Morgan fingerprint density at radius 2 is 2.04 bits per heavy atom. The molecule has 2 aliphatic rings. The van der Waals surface area contributed by atoms with Gasteiger partial charge in [-0.3, -0.25) is 9.20 Å². The molecule has 7 heteroatoms. The van der Waals surface area contributed by atoms with E-state index in [1.807, 2.05) is 24.4 Å². The third kappa shape index (κ3) is 2.89. The summed E-state index contributed by atoms with van der Waals surface area (Å²) in [4.78, 5) is 21.9. The standard InChI is InChI=1S/C21H24N4O2S/c1-3-17-18(25-9-14(2)28-20(25)23-17)19(26)22-8-15-4-6-16(7-5-15)24-10-21(11-24)12-27-13-21/h4-7,9H,3,8,10-13H2,1-2H3,(H,22,26). The van der Waals surface area contributed by atoms with Gasteiger partial charge in [0.1, 0.15) is 5.69 Å². The second-order valence-corrected chi connectivity index (χ2v) is 9.17. The van der Waals surface area contributed by atoms with Crippen LogP contribution in [0.4, 0.5) is 5.69 Å². The van der Waals surface area contributed by atoms with Crippen molar-refractivity contribution in [3.05, 3.63) is 52.3 Å². The Bertz CT molecular complexity index is 1020. The minimum atomic E-state index is -0.0686. The number of imidazole rings is 1. The van der Waals surface area contributed by atoms with E-state index in [9.17, 15) is 4.79 Å². The first kappa shape index (κ1) is 17.7. The van der Waals surface area contributed by atoms with E-state index in [0.717, 1.165) is 53.8 Å². The number of benzene rings is 1. The number of anilines is 1. The highest BCUT2D eigenvalue weighted by molar-refractivity contribution is 7.17. The highest BCUT2D eigenvalue weighted by Crippen LogP contribution is 2.40. The molecule has 1 aromatic carbocycles. The lowest BCUT2D eigenvalue weighted by Crippen LogP contribution is -2.66. The SMILES string of the molecule is CCc1nc2sc(C)cn2c1C(=O)NCc1ccc(N2CC3(COC3)C2)cc1. The molecule has 2 saturated heterocycles. The van der Waals surface area contributed by atoms with Crippen LogP contribution in [0.1, 0.15) is 33.5 Å². The minimum absolute atomic E-state index is 0.0686. The van der Waals surface area contributed by atoms with Crippen molar-refractivity contribution in [1.29, 1.82) is 0 Å². The van der Waals surface area contributed by atoms with Gasteiger partial charge in [0.15, 0.2) is 4.96 Å². The molecular weight excluding hydrogens is 372 g/mol. The lowest BCUT2D eigenvalue weighted by Gasteiger charge is -2.56. The number of carbonyl (C=O) groups excluding carboxylic acids is 1. The first-order valence-electron chi connectivity index (χ1n) is 9.74. The maximum atomic E-state index is 12.8. The van der Waals surface area contributed by atoms with Gasteiger partial charge in [0.2, 0.25) is 0 Å². The number of aryl methyl sites for hydroxylation is 2. The van der Waals surface area contributed by atoms with Gasteiger partial charge in [-0.2, -0.15) is 0 Å². The van der Waals surface area contributed by atoms with E-state index in [1.54, 1.807) is 11.3 Å². The van der Waals surface area contributed by atoms with Gasteiger partial charge in [-0.15, -0.1) is 11.3 Å². The van der Waals surface area contributed by atoms with E-state index in [4.69, 9.17) is 4.74 Å². The summed E-state index contributed by atoms with van der Waals surface area (Å²) in [6, 6.07) is 8.48. The number of aromatic nitrogens is 2. The fourth-order valence-corrected chi connectivity index (χ4v) is 4.94. The van der Waals surface area contributed by atoms with Crippen LogP contribution in [-0.4, -0.2) is 41.6 Å². The molecule has 1 spiro atoms. The van der Waals surface area contributed by atoms with Crippen molar-refractivity contribution >= 4 is 27.9 Å². The van der Waals surface area contributed by atoms with E-state index in [2.05, 4.69) is 39.5 Å². The van der Waals surface area contributed by atoms with Crippen LogP contribution in [0.5, 0.6) is 0 Å². The molecule has 3 aromatic rings. The van der Waals surface area contributed by atoms with Crippen molar-refractivity contribution in [3.63, 3.8) is 0 Å². The summed E-state index contributed by atoms with van der Waals surface area (Å²) in [5.74, 6) is -0.0686. The van der Waals surface area contributed by atoms with Crippen LogP contribution >= 0.6 is 11.3 Å². The van der Waals surface area contributed by atoms with Gasteiger partial charge in [0.25, 0.3) is 5.91 Å². The second-order valence-electron chi connectivity index (χ2n) is 7.95. The average molecular weight is 397 g/mol. The zero-order chi connectivity index (χ0) is 19.3. The summed E-state index contributed by atoms with van der Waals surface area (Å²) in [7, 11) is 0. The van der Waals surface area contributed by atoms with Gasteiger partial charge in [-0.25, -0.2) is 4.98 Å². The molecule has 0 saturated carbocycles. The van der Waals surface area contributed by atoms with Crippen molar-refractivity contribution < 1.29 is 9.53 Å². The molecule has 0 unspecified atom stereocenters. The zero-order valence-electron chi connectivity index (χ0n) is 16.2. The number of fused-ring (bicyclic) bond motifs is 1. The summed E-state index contributed by atoms with van der Waals surface area (Å²) >= 11 is 1.61. The predicted molar refractivity (Wildman–Crippen MR) is 110 cm³/mol. The van der Waals surface area contributed by atoms with Gasteiger partial charge in [0.05, 0.1) is 24.3 Å². The molecule has 0 bridgehead atoms. The highest BCUT2D eigenvalue weighted by atomic mass is 32.1. The first-order valence-corrected chi connectivity index (χ1v) is 10.6. The van der Waals surface area contributed by atoms with Crippen molar-refractivity contribution in [2.24, 2.45) is 5.41 Å². The lowest BCUT2D eigenvalue weighted by atomic mass is 9.78. The van der Waals surface area contributed by atoms with Gasteiger partial charge in [0, 0.05) is 36.4 Å². The maximum Gasteiger partial charge on any atom is 0.270 e. The lowest BCUT2D eigenvalue weighted by molar-refractivity contribution is -0.127. The Kier molecular flexibility index (Phi) is 4.17. The summed E-state index contributed by atoms with van der Waals surface area (Å²) in [5.41, 5.74) is 4.27. The summed E-state index contributed by atoms with van der Waals surface area (Å²) in [6.45, 7) is 8.55. The van der Waals surface area contributed by atoms with Gasteiger partial charge < -0.3 is 15.0 Å². The van der Waals surface area contributed by atoms with Gasteiger partial charge in [-0.1, -0.05) is 19.1 Å². The predicted octanol–water partition coefficient (Wildman–Crippen LogP) is 3.03. The summed E-state index contributed by atoms with van der Waals surface area (Å²) in [5, 5.41) is 3.06. The smallest absolute Gasteiger partial charge is 0.270 e. The third-order valence-electron chi connectivity index (χ3n) is 5.69. The number of nitrogens with zero attached hydrogens (tertiary/aromatic N) is 3. The molecule has 6 nitrogen and oxygen atoms in total. The Morgan fingerprint density at radius 1 is 1.29 bits per heavy atom. The molecule has 4 heterocycles. The topological polar surface area (TPSA) is 58.9 Å². The van der Waals surface area contributed by atoms with Crippen LogP contribution in [0.2, 0.25) is 0 Å². The number of hydrogen-bond acceptors (Lipinski definition) is 5. The summed E-state index contributed by atoms with van der Waals surface area (Å²) < 4.78 is 7.26. The number of carbonyl (C=O) groups is 1. The van der Waals surface area contributed by atoms with Crippen molar-refractivity contribution in [3.8, 4) is 0 Å². The Labute approximate surface area is 168 Å². The van der Waals surface area contributed by atoms with Gasteiger partial charge >= 0.3 is 0 Å². The number of hydrogen-bond donors (Lipinski definition) is 1. The van der Waals surface area contributed by atoms with Crippen LogP contribution in [-0.2, 0) is 17.7 Å². The van der Waals surface area contributed by atoms with Crippen molar-refractivity contribution in [2.45, 2.75) is 26.8 Å². The van der Waals surface area contributed by atoms with Crippen molar-refractivity contribution in [1.82, 2.24) is 14.7 Å². The van der Waals surface area contributed by atoms with E-state index < -0.39 is 0 Å². The Hall–Kier alpha value is -2.38. The fourth-order valence-electron chi connectivity index (χ4n) is 4.10. The zero-order valence-corrected chi connectivity index (χ0v) is 17.0. The number of nitrogens with one attached hydrogen (secondary N) is 1. The minimum Gasteiger partial charge on any atom is -0.380 e. The van der Waals surface area contributed by atoms with Crippen molar-refractivity contribution in [2.75, 3.05) is 31.2 Å². The van der Waals surface area contributed by atoms with Crippen LogP contribution in [0, 0.1) is 12.3 Å². The van der Waals surface area contributed by atoms with E-state index in [-0.39, 0.29) is 5.91 Å². The highest BCUT2D eigenvalue weighted by Gasteiger charge is 2.48. The Morgan fingerprint density at radius 3 is 2.68 bits per heavy atom. The molecular formula is C21H24N4O2S. The molecule has 146 valence electrons. The quantitative estimate of drug-likeness (QED) is 0.720. The number of amides is 1. The van der Waals surface area contributed by atoms with Crippen LogP contribution in [0.25, 0.3) is 4.96 Å². The monoisotopic (exact) mass is 396 g/mol. The van der Waals surface area contributed by atoms with Crippen LogP contribution in [0.15, 0.2) is 30.5 Å². The van der Waals surface area contributed by atoms with Crippen LogP contribution in [0.3, 0.4) is 0 Å². The molecule has 0 aliphatic carbocycles. The molecule has 28 heavy (non-hydrogen) atoms. The average Bonchev–Trinajstić information content (AvgIpc) is 3.13. The summed E-state index contributed by atoms with van der Waals surface area (Å²) in [6.07, 6.45) is 2.73. The molecule has 5 rings (SSSR count). The largest absolute Gasteiger partial charge is 0.380 e. The van der Waals surface area contributed by atoms with E-state index in [0.29, 0.717) is 17.7 Å². The Balaban J connectivity index is 1.24. The molecule has 2 aromatic heterocycles. The number of thiazole rings is 1. The second kappa shape index (κ2) is 6.60. The fraction of sp³-hybridized carbons (Fsp3) is 0.429.